The van der Waals surface area contributed by atoms with Gasteiger partial charge in [0.05, 0.1) is 11.1 Å². The summed E-state index contributed by atoms with van der Waals surface area (Å²) in [5, 5.41) is 9.67. The quantitative estimate of drug-likeness (QED) is 0.863. The van der Waals surface area contributed by atoms with Gasteiger partial charge in [0.25, 0.3) is 0 Å². The molecule has 76 valence electrons. The van der Waals surface area contributed by atoms with Crippen LogP contribution < -0.4 is 0 Å². The number of halogens is 1. The van der Waals surface area contributed by atoms with Crippen molar-refractivity contribution in [3.8, 4) is 0 Å². The summed E-state index contributed by atoms with van der Waals surface area (Å²) in [4.78, 5) is 15.1. The topological polar surface area (TPSA) is 50.2 Å². The average molecular weight is 266 g/mol. The second-order valence-corrected chi connectivity index (χ2v) is 4.14. The van der Waals surface area contributed by atoms with Crippen LogP contribution in [0.15, 0.2) is 28.7 Å². The van der Waals surface area contributed by atoms with Crippen LogP contribution >= 0.6 is 15.9 Å². The molecule has 0 amide bonds. The van der Waals surface area contributed by atoms with E-state index in [1.54, 1.807) is 18.2 Å². The number of carboxylic acids is 1. The van der Waals surface area contributed by atoms with Crippen molar-refractivity contribution in [1.29, 1.82) is 0 Å². The standard InChI is InChI=1S/C11H8BrNO2/c1-6-4-9(12)8-5-7(11(14)15)2-3-10(8)13-6/h2-5H,1H3,(H,14,15). The number of pyridine rings is 1. The third kappa shape index (κ3) is 1.85. The number of carbonyl (C=O) groups is 1. The zero-order chi connectivity index (χ0) is 11.0. The van der Waals surface area contributed by atoms with Crippen LogP contribution in [0.2, 0.25) is 0 Å². The third-order valence-corrected chi connectivity index (χ3v) is 2.79. The smallest absolute Gasteiger partial charge is 0.335 e. The van der Waals surface area contributed by atoms with Gasteiger partial charge >= 0.3 is 5.97 Å². The number of rotatable bonds is 1. The van der Waals surface area contributed by atoms with Gasteiger partial charge in [-0.05, 0) is 31.2 Å². The number of carboxylic acid groups (broad SMARTS) is 1. The van der Waals surface area contributed by atoms with Gasteiger partial charge in [-0.1, -0.05) is 15.9 Å². The maximum absolute atomic E-state index is 10.8. The van der Waals surface area contributed by atoms with Gasteiger partial charge in [-0.3, -0.25) is 4.98 Å². The first kappa shape index (κ1) is 10.1. The SMILES string of the molecule is Cc1cc(Br)c2cc(C(=O)O)ccc2n1. The normalized spacial score (nSPS) is 10.5. The van der Waals surface area contributed by atoms with Crippen molar-refractivity contribution in [3.05, 3.63) is 40.0 Å². The van der Waals surface area contributed by atoms with Gasteiger partial charge in [0.2, 0.25) is 0 Å². The summed E-state index contributed by atoms with van der Waals surface area (Å²) >= 11 is 3.40. The molecule has 15 heavy (non-hydrogen) atoms. The number of aromatic carboxylic acids is 1. The molecular formula is C11H8BrNO2. The van der Waals surface area contributed by atoms with Crippen LogP contribution in [-0.4, -0.2) is 16.1 Å². The molecule has 0 spiro atoms. The highest BCUT2D eigenvalue weighted by molar-refractivity contribution is 9.10. The van der Waals surface area contributed by atoms with Crippen molar-refractivity contribution < 1.29 is 9.90 Å². The molecule has 4 heteroatoms. The number of aryl methyl sites for hydroxylation is 1. The van der Waals surface area contributed by atoms with Gasteiger partial charge in [-0.25, -0.2) is 4.79 Å². The van der Waals surface area contributed by atoms with Crippen LogP contribution in [-0.2, 0) is 0 Å². The van der Waals surface area contributed by atoms with Gasteiger partial charge in [0.15, 0.2) is 0 Å². The third-order valence-electron chi connectivity index (χ3n) is 2.13. The molecule has 2 rings (SSSR count). The Morgan fingerprint density at radius 3 is 2.80 bits per heavy atom. The van der Waals surface area contributed by atoms with Crippen LogP contribution in [0.1, 0.15) is 16.1 Å². The van der Waals surface area contributed by atoms with E-state index in [1.165, 1.54) is 0 Å². The van der Waals surface area contributed by atoms with E-state index in [0.717, 1.165) is 21.1 Å². The molecule has 1 N–H and O–H groups in total. The molecule has 0 aliphatic rings. The first-order chi connectivity index (χ1) is 7.08. The van der Waals surface area contributed by atoms with Crippen molar-refractivity contribution in [3.63, 3.8) is 0 Å². The second kappa shape index (κ2) is 3.62. The Kier molecular flexibility index (Phi) is 2.44. The summed E-state index contributed by atoms with van der Waals surface area (Å²) in [7, 11) is 0. The number of benzene rings is 1. The second-order valence-electron chi connectivity index (χ2n) is 3.28. The Labute approximate surface area is 94.9 Å². The lowest BCUT2D eigenvalue weighted by atomic mass is 10.1. The van der Waals surface area contributed by atoms with Gasteiger partial charge in [-0.2, -0.15) is 0 Å². The largest absolute Gasteiger partial charge is 0.478 e. The highest BCUT2D eigenvalue weighted by Crippen LogP contribution is 2.24. The minimum atomic E-state index is -0.927. The maximum atomic E-state index is 10.8. The summed E-state index contributed by atoms with van der Waals surface area (Å²) in [6.07, 6.45) is 0. The first-order valence-corrected chi connectivity index (χ1v) is 5.17. The first-order valence-electron chi connectivity index (χ1n) is 4.38. The zero-order valence-electron chi connectivity index (χ0n) is 7.99. The summed E-state index contributed by atoms with van der Waals surface area (Å²) in [6.45, 7) is 1.90. The number of nitrogens with zero attached hydrogens (tertiary/aromatic N) is 1. The summed E-state index contributed by atoms with van der Waals surface area (Å²) in [5.41, 5.74) is 1.97. The predicted octanol–water partition coefficient (Wildman–Crippen LogP) is 3.00. The van der Waals surface area contributed by atoms with Gasteiger partial charge < -0.3 is 5.11 Å². The summed E-state index contributed by atoms with van der Waals surface area (Å²) < 4.78 is 0.869. The summed E-state index contributed by atoms with van der Waals surface area (Å²) in [5.74, 6) is -0.927. The van der Waals surface area contributed by atoms with E-state index < -0.39 is 5.97 Å². The lowest BCUT2D eigenvalue weighted by Crippen LogP contribution is -1.96. The molecule has 1 aromatic heterocycles. The Morgan fingerprint density at radius 1 is 1.40 bits per heavy atom. The molecular weight excluding hydrogens is 258 g/mol. The van der Waals surface area contributed by atoms with Crippen LogP contribution in [0.25, 0.3) is 10.9 Å². The Bertz CT molecular complexity index is 552. The Balaban J connectivity index is 2.76. The minimum Gasteiger partial charge on any atom is -0.478 e. The van der Waals surface area contributed by atoms with E-state index in [1.807, 2.05) is 13.0 Å². The predicted molar refractivity (Wildman–Crippen MR) is 61.1 cm³/mol. The van der Waals surface area contributed by atoms with Gasteiger partial charge in [0.1, 0.15) is 0 Å². The number of aromatic nitrogens is 1. The number of hydrogen-bond donors (Lipinski definition) is 1. The molecule has 0 bridgehead atoms. The lowest BCUT2D eigenvalue weighted by molar-refractivity contribution is 0.0697. The fourth-order valence-corrected chi connectivity index (χ4v) is 2.09. The van der Waals surface area contributed by atoms with Crippen LogP contribution in [0.3, 0.4) is 0 Å². The summed E-state index contributed by atoms with van der Waals surface area (Å²) in [6, 6.07) is 6.77. The average Bonchev–Trinajstić information content (AvgIpc) is 2.16. The van der Waals surface area contributed by atoms with E-state index in [2.05, 4.69) is 20.9 Å². The molecule has 0 aliphatic heterocycles. The van der Waals surface area contributed by atoms with Crippen molar-refractivity contribution >= 4 is 32.8 Å². The van der Waals surface area contributed by atoms with Crippen LogP contribution in [0, 0.1) is 6.92 Å². The molecule has 0 aliphatic carbocycles. The molecule has 2 aromatic rings. The lowest BCUT2D eigenvalue weighted by Gasteiger charge is -2.03. The Morgan fingerprint density at radius 2 is 2.13 bits per heavy atom. The fraction of sp³-hybridized carbons (Fsp3) is 0.0909. The Hall–Kier alpha value is -1.42. The van der Waals surface area contributed by atoms with Crippen LogP contribution in [0.5, 0.6) is 0 Å². The van der Waals surface area contributed by atoms with Crippen molar-refractivity contribution in [1.82, 2.24) is 4.98 Å². The van der Waals surface area contributed by atoms with E-state index in [-0.39, 0.29) is 5.56 Å². The fourth-order valence-electron chi connectivity index (χ4n) is 1.44. The highest BCUT2D eigenvalue weighted by atomic mass is 79.9. The van der Waals surface area contributed by atoms with E-state index in [4.69, 9.17) is 5.11 Å². The van der Waals surface area contributed by atoms with Crippen molar-refractivity contribution in [2.75, 3.05) is 0 Å². The molecule has 1 heterocycles. The molecule has 0 fully saturated rings. The molecule has 0 radical (unpaired) electrons. The van der Waals surface area contributed by atoms with E-state index in [9.17, 15) is 4.79 Å². The van der Waals surface area contributed by atoms with E-state index in [0.29, 0.717) is 0 Å². The monoisotopic (exact) mass is 265 g/mol. The van der Waals surface area contributed by atoms with Crippen molar-refractivity contribution in [2.45, 2.75) is 6.92 Å². The zero-order valence-corrected chi connectivity index (χ0v) is 9.58. The molecule has 0 saturated carbocycles. The van der Waals surface area contributed by atoms with Crippen molar-refractivity contribution in [2.24, 2.45) is 0 Å². The van der Waals surface area contributed by atoms with E-state index >= 15 is 0 Å². The van der Waals surface area contributed by atoms with Crippen LogP contribution in [0.4, 0.5) is 0 Å². The minimum absolute atomic E-state index is 0.272. The molecule has 0 saturated heterocycles. The van der Waals surface area contributed by atoms with Gasteiger partial charge in [0, 0.05) is 15.6 Å². The molecule has 0 unspecified atom stereocenters. The maximum Gasteiger partial charge on any atom is 0.335 e. The molecule has 1 aromatic carbocycles. The molecule has 3 nitrogen and oxygen atoms in total. The number of fused-ring (bicyclic) bond motifs is 1. The molecule has 0 atom stereocenters. The highest BCUT2D eigenvalue weighted by Gasteiger charge is 2.06. The van der Waals surface area contributed by atoms with Gasteiger partial charge in [-0.15, -0.1) is 0 Å². The number of hydrogen-bond acceptors (Lipinski definition) is 2.